The minimum atomic E-state index is 0.521. The van der Waals surface area contributed by atoms with Crippen molar-refractivity contribution in [2.24, 2.45) is 11.7 Å². The Labute approximate surface area is 141 Å². The van der Waals surface area contributed by atoms with Crippen LogP contribution in [0, 0.1) is 5.92 Å². The van der Waals surface area contributed by atoms with E-state index in [4.69, 9.17) is 15.2 Å². The standard InChI is InChI=1S/C20H33NO2/c1-3-5-20(14-21)19-9-8-17-12-16(6-7-18(17)13-19)15-23-11-4-10-22-2/h8-9,13,16,20H,3-7,10-12,14-15,21H2,1-2H3. The predicted molar refractivity (Wildman–Crippen MR) is 96.0 cm³/mol. The zero-order valence-electron chi connectivity index (χ0n) is 14.9. The fourth-order valence-corrected chi connectivity index (χ4v) is 3.57. The van der Waals surface area contributed by atoms with Crippen molar-refractivity contribution in [1.82, 2.24) is 0 Å². The maximum atomic E-state index is 5.95. The molecule has 1 aliphatic rings. The fourth-order valence-electron chi connectivity index (χ4n) is 3.57. The molecule has 0 fully saturated rings. The number of nitrogens with two attached hydrogens (primary N) is 1. The van der Waals surface area contributed by atoms with Crippen molar-refractivity contribution in [2.75, 3.05) is 33.5 Å². The van der Waals surface area contributed by atoms with Gasteiger partial charge in [-0.05, 0) is 67.2 Å². The van der Waals surface area contributed by atoms with Crippen molar-refractivity contribution in [2.45, 2.75) is 51.4 Å². The summed E-state index contributed by atoms with van der Waals surface area (Å²) in [5.41, 5.74) is 10.4. The van der Waals surface area contributed by atoms with Gasteiger partial charge in [-0.3, -0.25) is 0 Å². The van der Waals surface area contributed by atoms with Crippen LogP contribution in [0.1, 0.15) is 55.2 Å². The van der Waals surface area contributed by atoms with Gasteiger partial charge in [-0.25, -0.2) is 0 Å². The second-order valence-electron chi connectivity index (χ2n) is 6.78. The van der Waals surface area contributed by atoms with E-state index in [1.54, 1.807) is 7.11 Å². The van der Waals surface area contributed by atoms with Gasteiger partial charge in [-0.15, -0.1) is 0 Å². The summed E-state index contributed by atoms with van der Waals surface area (Å²) in [4.78, 5) is 0. The summed E-state index contributed by atoms with van der Waals surface area (Å²) in [6.07, 6.45) is 6.94. The average Bonchev–Trinajstić information content (AvgIpc) is 2.59. The van der Waals surface area contributed by atoms with Gasteiger partial charge in [0.15, 0.2) is 0 Å². The van der Waals surface area contributed by atoms with Gasteiger partial charge in [0.1, 0.15) is 0 Å². The number of hydrogen-bond donors (Lipinski definition) is 1. The summed E-state index contributed by atoms with van der Waals surface area (Å²) in [5, 5.41) is 0. The molecule has 2 rings (SSSR count). The molecule has 0 amide bonds. The molecule has 0 radical (unpaired) electrons. The van der Waals surface area contributed by atoms with Crippen LogP contribution in [0.3, 0.4) is 0 Å². The molecule has 0 aromatic heterocycles. The summed E-state index contributed by atoms with van der Waals surface area (Å²) in [6, 6.07) is 7.05. The second-order valence-corrected chi connectivity index (χ2v) is 6.78. The molecule has 3 nitrogen and oxygen atoms in total. The highest BCUT2D eigenvalue weighted by atomic mass is 16.5. The van der Waals surface area contributed by atoms with Gasteiger partial charge >= 0.3 is 0 Å². The third-order valence-electron chi connectivity index (χ3n) is 4.94. The van der Waals surface area contributed by atoms with Crippen LogP contribution in [-0.4, -0.2) is 33.5 Å². The molecule has 130 valence electrons. The normalized spacial score (nSPS) is 18.7. The molecule has 0 spiro atoms. The zero-order valence-corrected chi connectivity index (χ0v) is 14.9. The lowest BCUT2D eigenvalue weighted by atomic mass is 9.82. The summed E-state index contributed by atoms with van der Waals surface area (Å²) in [6.45, 7) is 5.47. The lowest BCUT2D eigenvalue weighted by molar-refractivity contribution is 0.0750. The third kappa shape index (κ3) is 5.59. The summed E-state index contributed by atoms with van der Waals surface area (Å²) >= 11 is 0. The molecular formula is C20H33NO2. The zero-order chi connectivity index (χ0) is 16.5. The highest BCUT2D eigenvalue weighted by Crippen LogP contribution is 2.30. The molecular weight excluding hydrogens is 286 g/mol. The van der Waals surface area contributed by atoms with Gasteiger partial charge in [0, 0.05) is 26.9 Å². The lowest BCUT2D eigenvalue weighted by Crippen LogP contribution is -2.20. The molecule has 0 saturated heterocycles. The van der Waals surface area contributed by atoms with Crippen molar-refractivity contribution >= 4 is 0 Å². The van der Waals surface area contributed by atoms with Crippen LogP contribution in [0.2, 0.25) is 0 Å². The van der Waals surface area contributed by atoms with Crippen molar-refractivity contribution < 1.29 is 9.47 Å². The lowest BCUT2D eigenvalue weighted by Gasteiger charge is -2.26. The monoisotopic (exact) mass is 319 g/mol. The molecule has 1 aromatic carbocycles. The quantitative estimate of drug-likeness (QED) is 0.669. The van der Waals surface area contributed by atoms with Crippen LogP contribution in [0.4, 0.5) is 0 Å². The van der Waals surface area contributed by atoms with Crippen molar-refractivity contribution in [3.8, 4) is 0 Å². The number of ether oxygens (including phenoxy) is 2. The van der Waals surface area contributed by atoms with Gasteiger partial charge in [0.05, 0.1) is 0 Å². The van der Waals surface area contributed by atoms with Gasteiger partial charge in [-0.1, -0.05) is 31.5 Å². The third-order valence-corrected chi connectivity index (χ3v) is 4.94. The molecule has 1 aliphatic carbocycles. The smallest absolute Gasteiger partial charge is 0.0497 e. The van der Waals surface area contributed by atoms with E-state index in [2.05, 4.69) is 25.1 Å². The minimum Gasteiger partial charge on any atom is -0.385 e. The minimum absolute atomic E-state index is 0.521. The van der Waals surface area contributed by atoms with Gasteiger partial charge in [0.25, 0.3) is 0 Å². The maximum absolute atomic E-state index is 5.95. The van der Waals surface area contributed by atoms with Crippen LogP contribution >= 0.6 is 0 Å². The number of rotatable bonds is 10. The molecule has 3 heteroatoms. The SMILES string of the molecule is CCCC(CN)c1ccc2c(c1)CCC(COCCCOC)C2. The van der Waals surface area contributed by atoms with Crippen LogP contribution in [-0.2, 0) is 22.3 Å². The molecule has 0 saturated carbocycles. The first-order valence-corrected chi connectivity index (χ1v) is 9.16. The fraction of sp³-hybridized carbons (Fsp3) is 0.700. The molecule has 1 aromatic rings. The molecule has 0 aliphatic heterocycles. The number of hydrogen-bond acceptors (Lipinski definition) is 3. The predicted octanol–water partition coefficient (Wildman–Crippen LogP) is 3.69. The topological polar surface area (TPSA) is 44.5 Å². The van der Waals surface area contributed by atoms with Gasteiger partial charge in [0.2, 0.25) is 0 Å². The Hall–Kier alpha value is -0.900. The Kier molecular flexibility index (Phi) is 8.07. The van der Waals surface area contributed by atoms with E-state index in [1.165, 1.54) is 42.4 Å². The summed E-state index contributed by atoms with van der Waals surface area (Å²) in [7, 11) is 1.74. The van der Waals surface area contributed by atoms with Gasteiger partial charge < -0.3 is 15.2 Å². The molecule has 23 heavy (non-hydrogen) atoms. The van der Waals surface area contributed by atoms with Crippen molar-refractivity contribution in [1.29, 1.82) is 0 Å². The molecule has 0 bridgehead atoms. The number of benzene rings is 1. The van der Waals surface area contributed by atoms with E-state index in [1.807, 2.05) is 0 Å². The van der Waals surface area contributed by atoms with Crippen LogP contribution < -0.4 is 5.73 Å². The van der Waals surface area contributed by atoms with Crippen LogP contribution in [0.25, 0.3) is 0 Å². The Morgan fingerprint density at radius 1 is 1.26 bits per heavy atom. The van der Waals surface area contributed by atoms with Crippen LogP contribution in [0.5, 0.6) is 0 Å². The van der Waals surface area contributed by atoms with E-state index >= 15 is 0 Å². The van der Waals surface area contributed by atoms with E-state index < -0.39 is 0 Å². The van der Waals surface area contributed by atoms with E-state index in [-0.39, 0.29) is 0 Å². The Bertz CT molecular complexity index is 461. The first-order valence-electron chi connectivity index (χ1n) is 9.16. The highest BCUT2D eigenvalue weighted by Gasteiger charge is 2.20. The van der Waals surface area contributed by atoms with E-state index in [9.17, 15) is 0 Å². The number of methoxy groups -OCH3 is 1. The largest absolute Gasteiger partial charge is 0.385 e. The Morgan fingerprint density at radius 3 is 2.87 bits per heavy atom. The summed E-state index contributed by atoms with van der Waals surface area (Å²) in [5.74, 6) is 1.18. The highest BCUT2D eigenvalue weighted by molar-refractivity contribution is 5.36. The van der Waals surface area contributed by atoms with E-state index in [0.717, 1.165) is 39.2 Å². The molecule has 2 N–H and O–H groups in total. The average molecular weight is 319 g/mol. The second kappa shape index (κ2) is 10.1. The van der Waals surface area contributed by atoms with E-state index in [0.29, 0.717) is 11.8 Å². The number of fused-ring (bicyclic) bond motifs is 1. The Balaban J connectivity index is 1.87. The molecule has 2 unspecified atom stereocenters. The first-order chi connectivity index (χ1) is 11.3. The van der Waals surface area contributed by atoms with Crippen molar-refractivity contribution in [3.05, 3.63) is 34.9 Å². The van der Waals surface area contributed by atoms with Crippen LogP contribution in [0.15, 0.2) is 18.2 Å². The molecule has 2 atom stereocenters. The van der Waals surface area contributed by atoms with Crippen molar-refractivity contribution in [3.63, 3.8) is 0 Å². The number of aryl methyl sites for hydroxylation is 1. The molecule has 0 heterocycles. The van der Waals surface area contributed by atoms with Gasteiger partial charge in [-0.2, -0.15) is 0 Å². The maximum Gasteiger partial charge on any atom is 0.0497 e. The first kappa shape index (κ1) is 18.4. The summed E-state index contributed by atoms with van der Waals surface area (Å²) < 4.78 is 10.9. The Morgan fingerprint density at radius 2 is 2.13 bits per heavy atom.